The van der Waals surface area contributed by atoms with Crippen molar-refractivity contribution < 1.29 is 0 Å². The third-order valence-electron chi connectivity index (χ3n) is 0.852. The Bertz CT molecular complexity index is 152. The van der Waals surface area contributed by atoms with Crippen molar-refractivity contribution in [3.8, 4) is 0 Å². The zero-order chi connectivity index (χ0) is 7.98. The highest BCUT2D eigenvalue weighted by Gasteiger charge is 1.79. The molecule has 1 nitrogen and oxygen atoms in total. The van der Waals surface area contributed by atoms with Crippen molar-refractivity contribution in [2.45, 2.75) is 20.8 Å². The monoisotopic (exact) mass is 137 g/mol. The lowest BCUT2D eigenvalue weighted by Gasteiger charge is -1.88. The largest absolute Gasteiger partial charge is 0.265 e. The van der Waals surface area contributed by atoms with Crippen molar-refractivity contribution in [1.82, 2.24) is 0 Å². The number of nitrogens with zero attached hydrogens (tertiary/aromatic N) is 1. The summed E-state index contributed by atoms with van der Waals surface area (Å²) in [6.07, 6.45) is 5.59. The maximum atomic E-state index is 4.01. The van der Waals surface area contributed by atoms with E-state index in [0.717, 1.165) is 5.57 Å². The first-order valence-electron chi connectivity index (χ1n) is 3.48. The Kier molecular flexibility index (Phi) is 4.55. The summed E-state index contributed by atoms with van der Waals surface area (Å²) in [6, 6.07) is 0. The molecule has 0 rings (SSSR count). The molecule has 0 aliphatic heterocycles. The molecule has 0 aromatic carbocycles. The van der Waals surface area contributed by atoms with E-state index in [1.54, 1.807) is 12.4 Å². The van der Waals surface area contributed by atoms with Gasteiger partial charge in [-0.25, -0.2) is 0 Å². The average molecular weight is 137 g/mol. The standard InChI is InChI=1S/C9H15N/c1-8(2)5-6-10-7-9(3)4/h5-8H,3H2,1-2,4H3/b6-5-,10-7?. The smallest absolute Gasteiger partial charge is 0.0290 e. The van der Waals surface area contributed by atoms with E-state index in [9.17, 15) is 0 Å². The molecule has 0 atom stereocenters. The van der Waals surface area contributed by atoms with Gasteiger partial charge < -0.3 is 0 Å². The van der Waals surface area contributed by atoms with Crippen LogP contribution in [0.4, 0.5) is 0 Å². The van der Waals surface area contributed by atoms with E-state index in [1.165, 1.54) is 0 Å². The van der Waals surface area contributed by atoms with E-state index < -0.39 is 0 Å². The topological polar surface area (TPSA) is 12.4 Å². The van der Waals surface area contributed by atoms with Crippen LogP contribution in [-0.4, -0.2) is 6.21 Å². The molecule has 0 aliphatic carbocycles. The highest BCUT2D eigenvalue weighted by Crippen LogP contribution is 1.93. The zero-order valence-electron chi connectivity index (χ0n) is 6.96. The second-order valence-electron chi connectivity index (χ2n) is 2.71. The molecule has 10 heavy (non-hydrogen) atoms. The lowest BCUT2D eigenvalue weighted by Crippen LogP contribution is -1.76. The number of hydrogen-bond acceptors (Lipinski definition) is 1. The summed E-state index contributed by atoms with van der Waals surface area (Å²) in [5, 5.41) is 0. The first-order valence-corrected chi connectivity index (χ1v) is 3.48. The van der Waals surface area contributed by atoms with Gasteiger partial charge in [0.1, 0.15) is 0 Å². The van der Waals surface area contributed by atoms with Gasteiger partial charge in [-0.1, -0.05) is 26.5 Å². The molecule has 0 aromatic heterocycles. The van der Waals surface area contributed by atoms with Crippen LogP contribution in [0.5, 0.6) is 0 Å². The summed E-state index contributed by atoms with van der Waals surface area (Å²) in [6.45, 7) is 9.85. The molecule has 0 saturated heterocycles. The van der Waals surface area contributed by atoms with Crippen LogP contribution in [0.1, 0.15) is 20.8 Å². The Morgan fingerprint density at radius 1 is 1.50 bits per heavy atom. The van der Waals surface area contributed by atoms with Gasteiger partial charge in [-0.3, -0.25) is 4.99 Å². The fraction of sp³-hybridized carbons (Fsp3) is 0.444. The van der Waals surface area contributed by atoms with Gasteiger partial charge in [0.15, 0.2) is 0 Å². The summed E-state index contributed by atoms with van der Waals surface area (Å²) in [4.78, 5) is 4.01. The number of hydrogen-bond donors (Lipinski definition) is 0. The Balaban J connectivity index is 3.62. The maximum absolute atomic E-state index is 4.01. The van der Waals surface area contributed by atoms with Crippen molar-refractivity contribution in [2.75, 3.05) is 0 Å². The number of allylic oxidation sites excluding steroid dienone is 2. The third-order valence-corrected chi connectivity index (χ3v) is 0.852. The van der Waals surface area contributed by atoms with E-state index in [0.29, 0.717) is 5.92 Å². The molecule has 0 heterocycles. The lowest BCUT2D eigenvalue weighted by molar-refractivity contribution is 0.829. The predicted octanol–water partition coefficient (Wildman–Crippen LogP) is 2.80. The van der Waals surface area contributed by atoms with Crippen LogP contribution in [-0.2, 0) is 0 Å². The van der Waals surface area contributed by atoms with Crippen LogP contribution in [0, 0.1) is 5.92 Å². The van der Waals surface area contributed by atoms with E-state index >= 15 is 0 Å². The van der Waals surface area contributed by atoms with Crippen LogP contribution >= 0.6 is 0 Å². The minimum atomic E-state index is 0.572. The summed E-state index contributed by atoms with van der Waals surface area (Å²) in [7, 11) is 0. The molecule has 0 fully saturated rings. The van der Waals surface area contributed by atoms with Gasteiger partial charge in [-0.2, -0.15) is 0 Å². The first kappa shape index (κ1) is 9.15. The Hall–Kier alpha value is -0.850. The minimum Gasteiger partial charge on any atom is -0.265 e. The van der Waals surface area contributed by atoms with Gasteiger partial charge >= 0.3 is 0 Å². The molecule has 56 valence electrons. The van der Waals surface area contributed by atoms with E-state index in [-0.39, 0.29) is 0 Å². The van der Waals surface area contributed by atoms with Gasteiger partial charge in [-0.15, -0.1) is 0 Å². The summed E-state index contributed by atoms with van der Waals surface area (Å²) < 4.78 is 0. The van der Waals surface area contributed by atoms with Crippen LogP contribution in [0.3, 0.4) is 0 Å². The molecular weight excluding hydrogens is 122 g/mol. The molecule has 0 amide bonds. The van der Waals surface area contributed by atoms with Crippen LogP contribution in [0.25, 0.3) is 0 Å². The summed E-state index contributed by atoms with van der Waals surface area (Å²) in [5.41, 5.74) is 0.980. The molecule has 0 bridgehead atoms. The maximum Gasteiger partial charge on any atom is 0.0290 e. The van der Waals surface area contributed by atoms with Crippen molar-refractivity contribution in [1.29, 1.82) is 0 Å². The van der Waals surface area contributed by atoms with E-state index in [4.69, 9.17) is 0 Å². The van der Waals surface area contributed by atoms with Gasteiger partial charge in [0.25, 0.3) is 0 Å². The highest BCUT2D eigenvalue weighted by molar-refractivity contribution is 5.77. The first-order chi connectivity index (χ1) is 4.63. The molecule has 0 saturated carbocycles. The van der Waals surface area contributed by atoms with Crippen LogP contribution < -0.4 is 0 Å². The van der Waals surface area contributed by atoms with Crippen molar-refractivity contribution >= 4 is 6.21 Å². The summed E-state index contributed by atoms with van der Waals surface area (Å²) >= 11 is 0. The number of aliphatic imine (C=N–C) groups is 1. The van der Waals surface area contributed by atoms with Gasteiger partial charge in [0, 0.05) is 12.4 Å². The van der Waals surface area contributed by atoms with Crippen molar-refractivity contribution in [3.05, 3.63) is 24.4 Å². The van der Waals surface area contributed by atoms with E-state index in [1.807, 2.05) is 13.0 Å². The molecule has 0 N–H and O–H groups in total. The van der Waals surface area contributed by atoms with Crippen LogP contribution in [0.2, 0.25) is 0 Å². The molecule has 0 aliphatic rings. The molecule has 0 aromatic rings. The Morgan fingerprint density at radius 3 is 2.50 bits per heavy atom. The van der Waals surface area contributed by atoms with Crippen LogP contribution in [0.15, 0.2) is 29.4 Å². The second kappa shape index (κ2) is 4.98. The lowest BCUT2D eigenvalue weighted by atomic mass is 10.2. The molecule has 0 spiro atoms. The van der Waals surface area contributed by atoms with E-state index in [2.05, 4.69) is 25.4 Å². The minimum absolute atomic E-state index is 0.572. The SMILES string of the molecule is C=C(C)C=N/C=C\C(C)C. The fourth-order valence-electron chi connectivity index (χ4n) is 0.392. The second-order valence-corrected chi connectivity index (χ2v) is 2.71. The molecule has 1 heteroatoms. The predicted molar refractivity (Wildman–Crippen MR) is 47.3 cm³/mol. The van der Waals surface area contributed by atoms with Gasteiger partial charge in [-0.05, 0) is 18.4 Å². The molecule has 0 radical (unpaired) electrons. The molecule has 0 unspecified atom stereocenters. The summed E-state index contributed by atoms with van der Waals surface area (Å²) in [5.74, 6) is 0.572. The normalized spacial score (nSPS) is 12.0. The molecular formula is C9H15N. The third kappa shape index (κ3) is 7.15. The van der Waals surface area contributed by atoms with Crippen molar-refractivity contribution in [2.24, 2.45) is 10.9 Å². The van der Waals surface area contributed by atoms with Crippen molar-refractivity contribution in [3.63, 3.8) is 0 Å². The van der Waals surface area contributed by atoms with Gasteiger partial charge in [0.2, 0.25) is 0 Å². The quantitative estimate of drug-likeness (QED) is 0.530. The van der Waals surface area contributed by atoms with Gasteiger partial charge in [0.05, 0.1) is 0 Å². The fourth-order valence-corrected chi connectivity index (χ4v) is 0.392. The Morgan fingerprint density at radius 2 is 2.10 bits per heavy atom. The average Bonchev–Trinajstić information content (AvgIpc) is 1.79. The highest BCUT2D eigenvalue weighted by atomic mass is 14.7. The Labute approximate surface area is 63.2 Å². The zero-order valence-corrected chi connectivity index (χ0v) is 6.96. The number of rotatable bonds is 3.